The summed E-state index contributed by atoms with van der Waals surface area (Å²) in [5, 5.41) is 18.1. The Kier molecular flexibility index (Phi) is 7.31. The SMILES string of the molecule is O=S(=O)(N[C@@H](CO)Cc1ccccc1)N1CCCC[C@H]1c1nnc(Cc2ccccc2)o1. The van der Waals surface area contributed by atoms with E-state index in [9.17, 15) is 13.5 Å². The van der Waals surface area contributed by atoms with Crippen LogP contribution in [0.5, 0.6) is 0 Å². The second kappa shape index (κ2) is 10.4. The third kappa shape index (κ3) is 5.60. The van der Waals surface area contributed by atoms with Gasteiger partial charge >= 0.3 is 0 Å². The maximum atomic E-state index is 13.2. The van der Waals surface area contributed by atoms with E-state index in [4.69, 9.17) is 4.42 Å². The number of benzene rings is 2. The quantitative estimate of drug-likeness (QED) is 0.512. The highest BCUT2D eigenvalue weighted by molar-refractivity contribution is 7.87. The van der Waals surface area contributed by atoms with Crippen LogP contribution in [-0.2, 0) is 23.1 Å². The lowest BCUT2D eigenvalue weighted by Gasteiger charge is -2.33. The van der Waals surface area contributed by atoms with Crippen LogP contribution in [0.2, 0.25) is 0 Å². The van der Waals surface area contributed by atoms with Gasteiger partial charge < -0.3 is 9.52 Å². The number of hydrogen-bond acceptors (Lipinski definition) is 6. The number of piperidine rings is 1. The summed E-state index contributed by atoms with van der Waals surface area (Å²) in [6.45, 7) is 0.0638. The summed E-state index contributed by atoms with van der Waals surface area (Å²) in [6, 6.07) is 18.1. The third-order valence-electron chi connectivity index (χ3n) is 5.59. The van der Waals surface area contributed by atoms with E-state index in [1.165, 1.54) is 4.31 Å². The summed E-state index contributed by atoms with van der Waals surface area (Å²) >= 11 is 0. The molecule has 0 spiro atoms. The lowest BCUT2D eigenvalue weighted by Crippen LogP contribution is -2.50. The van der Waals surface area contributed by atoms with Gasteiger partial charge in [0.2, 0.25) is 11.8 Å². The van der Waals surface area contributed by atoms with Crippen molar-refractivity contribution < 1.29 is 17.9 Å². The molecule has 0 unspecified atom stereocenters. The molecule has 1 fully saturated rings. The summed E-state index contributed by atoms with van der Waals surface area (Å²) in [7, 11) is -3.87. The van der Waals surface area contributed by atoms with E-state index >= 15 is 0 Å². The van der Waals surface area contributed by atoms with E-state index < -0.39 is 22.3 Å². The van der Waals surface area contributed by atoms with Crippen LogP contribution < -0.4 is 4.72 Å². The van der Waals surface area contributed by atoms with Gasteiger partial charge in [0.15, 0.2) is 0 Å². The summed E-state index contributed by atoms with van der Waals surface area (Å²) < 4.78 is 36.4. The molecule has 3 aromatic rings. The number of aliphatic hydroxyl groups is 1. The number of nitrogens with zero attached hydrogens (tertiary/aromatic N) is 3. The zero-order valence-corrected chi connectivity index (χ0v) is 18.6. The van der Waals surface area contributed by atoms with Gasteiger partial charge in [0.25, 0.3) is 10.2 Å². The maximum absolute atomic E-state index is 13.2. The largest absolute Gasteiger partial charge is 0.423 e. The van der Waals surface area contributed by atoms with Gasteiger partial charge in [0, 0.05) is 6.54 Å². The van der Waals surface area contributed by atoms with Gasteiger partial charge in [-0.25, -0.2) is 0 Å². The summed E-state index contributed by atoms with van der Waals surface area (Å²) in [5.74, 6) is 0.768. The van der Waals surface area contributed by atoms with Gasteiger partial charge in [-0.3, -0.25) is 0 Å². The van der Waals surface area contributed by atoms with Crippen molar-refractivity contribution in [2.75, 3.05) is 13.2 Å². The van der Waals surface area contributed by atoms with Gasteiger partial charge in [0.05, 0.1) is 19.1 Å². The molecular formula is C23H28N4O4S. The van der Waals surface area contributed by atoms with Crippen LogP contribution in [0.1, 0.15) is 48.2 Å². The lowest BCUT2D eigenvalue weighted by molar-refractivity contribution is 0.208. The highest BCUT2D eigenvalue weighted by atomic mass is 32.2. The van der Waals surface area contributed by atoms with Gasteiger partial charge in [-0.1, -0.05) is 67.1 Å². The molecule has 0 amide bonds. The predicted octanol–water partition coefficient (Wildman–Crippen LogP) is 2.63. The van der Waals surface area contributed by atoms with Crippen molar-refractivity contribution >= 4 is 10.2 Å². The maximum Gasteiger partial charge on any atom is 0.280 e. The first-order valence-electron chi connectivity index (χ1n) is 10.9. The van der Waals surface area contributed by atoms with Crippen molar-refractivity contribution in [2.24, 2.45) is 0 Å². The van der Waals surface area contributed by atoms with E-state index in [1.807, 2.05) is 60.7 Å². The van der Waals surface area contributed by atoms with E-state index in [-0.39, 0.29) is 6.61 Å². The Bertz CT molecular complexity index is 1090. The van der Waals surface area contributed by atoms with Crippen molar-refractivity contribution in [3.05, 3.63) is 83.6 Å². The Labute approximate surface area is 188 Å². The fraction of sp³-hybridized carbons (Fsp3) is 0.391. The lowest BCUT2D eigenvalue weighted by atomic mass is 10.1. The van der Waals surface area contributed by atoms with E-state index in [0.717, 1.165) is 24.0 Å². The zero-order chi connectivity index (χ0) is 22.4. The smallest absolute Gasteiger partial charge is 0.280 e. The molecule has 8 nitrogen and oxygen atoms in total. The van der Waals surface area contributed by atoms with Crippen LogP contribution >= 0.6 is 0 Å². The minimum atomic E-state index is -3.87. The second-order valence-electron chi connectivity index (χ2n) is 8.01. The zero-order valence-electron chi connectivity index (χ0n) is 17.8. The molecule has 32 heavy (non-hydrogen) atoms. The Balaban J connectivity index is 1.48. The molecule has 4 rings (SSSR count). The van der Waals surface area contributed by atoms with Crippen molar-refractivity contribution in [2.45, 2.75) is 44.2 Å². The third-order valence-corrected chi connectivity index (χ3v) is 7.27. The fourth-order valence-corrected chi connectivity index (χ4v) is 5.62. The first-order chi connectivity index (χ1) is 15.5. The second-order valence-corrected chi connectivity index (χ2v) is 9.67. The first-order valence-corrected chi connectivity index (χ1v) is 12.3. The van der Waals surface area contributed by atoms with Gasteiger partial charge in [-0.15, -0.1) is 10.2 Å². The monoisotopic (exact) mass is 456 g/mol. The minimum absolute atomic E-state index is 0.297. The normalized spacial score (nSPS) is 18.5. The molecule has 1 aromatic heterocycles. The Morgan fingerprint density at radius 2 is 1.72 bits per heavy atom. The van der Waals surface area contributed by atoms with Gasteiger partial charge in [0.1, 0.15) is 6.04 Å². The molecule has 0 aliphatic carbocycles. The van der Waals surface area contributed by atoms with Crippen LogP contribution in [0.4, 0.5) is 0 Å². The topological polar surface area (TPSA) is 109 Å². The molecule has 2 atom stereocenters. The standard InChI is InChI=1S/C23H28N4O4S/c28-17-20(15-18-9-3-1-4-10-18)26-32(29,30)27-14-8-7-13-21(27)23-25-24-22(31-23)16-19-11-5-2-6-12-19/h1-6,9-12,20-21,26,28H,7-8,13-17H2/t20-,21+/m1/s1. The molecule has 0 radical (unpaired) electrons. The van der Waals surface area contributed by atoms with Gasteiger partial charge in [-0.05, 0) is 30.4 Å². The van der Waals surface area contributed by atoms with E-state index in [0.29, 0.717) is 37.6 Å². The Morgan fingerprint density at radius 3 is 2.41 bits per heavy atom. The van der Waals surface area contributed by atoms with E-state index in [1.54, 1.807) is 0 Å². The number of rotatable bonds is 9. The first kappa shape index (κ1) is 22.6. The molecule has 170 valence electrons. The molecule has 0 saturated carbocycles. The number of nitrogens with one attached hydrogen (secondary N) is 1. The molecule has 2 heterocycles. The molecule has 2 aromatic carbocycles. The molecular weight excluding hydrogens is 428 g/mol. The average Bonchev–Trinajstić information content (AvgIpc) is 3.28. The highest BCUT2D eigenvalue weighted by Crippen LogP contribution is 2.32. The molecule has 1 saturated heterocycles. The Morgan fingerprint density at radius 1 is 1.03 bits per heavy atom. The molecule has 1 aliphatic rings. The van der Waals surface area contributed by atoms with Gasteiger partial charge in [-0.2, -0.15) is 17.4 Å². The minimum Gasteiger partial charge on any atom is -0.423 e. The van der Waals surface area contributed by atoms with Crippen molar-refractivity contribution in [1.29, 1.82) is 0 Å². The highest BCUT2D eigenvalue weighted by Gasteiger charge is 2.37. The average molecular weight is 457 g/mol. The molecule has 9 heteroatoms. The van der Waals surface area contributed by atoms with Crippen LogP contribution in [0.25, 0.3) is 0 Å². The van der Waals surface area contributed by atoms with Crippen molar-refractivity contribution in [3.63, 3.8) is 0 Å². The molecule has 0 bridgehead atoms. The van der Waals surface area contributed by atoms with Crippen LogP contribution in [0, 0.1) is 0 Å². The summed E-state index contributed by atoms with van der Waals surface area (Å²) in [5.41, 5.74) is 2.00. The Hall–Kier alpha value is -2.59. The molecule has 1 aliphatic heterocycles. The summed E-state index contributed by atoms with van der Waals surface area (Å²) in [4.78, 5) is 0. The molecule has 2 N–H and O–H groups in total. The van der Waals surface area contributed by atoms with Crippen LogP contribution in [-0.4, -0.2) is 47.2 Å². The van der Waals surface area contributed by atoms with Crippen LogP contribution in [0.15, 0.2) is 65.1 Å². The number of hydrogen-bond donors (Lipinski definition) is 2. The van der Waals surface area contributed by atoms with Crippen LogP contribution in [0.3, 0.4) is 0 Å². The summed E-state index contributed by atoms with van der Waals surface area (Å²) in [6.07, 6.45) is 3.13. The predicted molar refractivity (Wildman–Crippen MR) is 120 cm³/mol. The fourth-order valence-electron chi connectivity index (χ4n) is 4.00. The van der Waals surface area contributed by atoms with Crippen molar-refractivity contribution in [3.8, 4) is 0 Å². The number of aliphatic hydroxyl groups excluding tert-OH is 1. The number of aromatic nitrogens is 2. The van der Waals surface area contributed by atoms with Crippen molar-refractivity contribution in [1.82, 2.24) is 19.2 Å². The van der Waals surface area contributed by atoms with E-state index in [2.05, 4.69) is 14.9 Å².